The van der Waals surface area contributed by atoms with Crippen molar-refractivity contribution in [1.82, 2.24) is 0 Å². The summed E-state index contributed by atoms with van der Waals surface area (Å²) in [5, 5.41) is 0. The Bertz CT molecular complexity index is 121. The van der Waals surface area contributed by atoms with Crippen molar-refractivity contribution in [2.45, 2.75) is 45.6 Å². The molecule has 0 aromatic rings. The van der Waals surface area contributed by atoms with Crippen LogP contribution in [0.2, 0.25) is 0 Å². The van der Waals surface area contributed by atoms with E-state index in [1.54, 1.807) is 0 Å². The average Bonchev–Trinajstić information content (AvgIpc) is 2.01. The van der Waals surface area contributed by atoms with Gasteiger partial charge in [-0.25, -0.2) is 0 Å². The molecule has 0 aliphatic heterocycles. The van der Waals surface area contributed by atoms with E-state index in [-0.39, 0.29) is 18.2 Å². The Hall–Kier alpha value is -0.0800. The Morgan fingerprint density at radius 2 is 1.64 bits per heavy atom. The number of rotatable bonds is 4. The Balaban J connectivity index is 0. The van der Waals surface area contributed by atoms with Gasteiger partial charge in [-0.3, -0.25) is 4.79 Å². The van der Waals surface area contributed by atoms with Crippen LogP contribution in [0.4, 0.5) is 0 Å². The molecule has 2 nitrogen and oxygen atoms in total. The second kappa shape index (κ2) is 5.56. The fourth-order valence-corrected chi connectivity index (χ4v) is 0.996. The molecule has 0 amide bonds. The molecule has 0 spiro atoms. The maximum atomic E-state index is 11.2. The van der Waals surface area contributed by atoms with Crippen LogP contribution in [0.5, 0.6) is 0 Å². The van der Waals surface area contributed by atoms with Gasteiger partial charge in [0, 0.05) is 6.42 Å². The number of carbonyl (C=O) groups excluding carboxylic acids is 1. The summed E-state index contributed by atoms with van der Waals surface area (Å²) in [6, 6.07) is 0. The molecular formula is C8H18ClNO. The van der Waals surface area contributed by atoms with Crippen molar-refractivity contribution < 1.29 is 4.79 Å². The first kappa shape index (κ1) is 13.5. The molecule has 0 rings (SSSR count). The second-order valence-electron chi connectivity index (χ2n) is 2.64. The Morgan fingerprint density at radius 3 is 1.73 bits per heavy atom. The summed E-state index contributed by atoms with van der Waals surface area (Å²) in [5.74, 6) is 0.178. The number of hydrogen-bond acceptors (Lipinski definition) is 2. The van der Waals surface area contributed by atoms with Gasteiger partial charge < -0.3 is 5.73 Å². The van der Waals surface area contributed by atoms with Crippen molar-refractivity contribution in [3.63, 3.8) is 0 Å². The summed E-state index contributed by atoms with van der Waals surface area (Å²) in [5.41, 5.74) is 5.25. The van der Waals surface area contributed by atoms with Crippen molar-refractivity contribution in [1.29, 1.82) is 0 Å². The van der Waals surface area contributed by atoms with Gasteiger partial charge in [-0.15, -0.1) is 12.4 Å². The monoisotopic (exact) mass is 179 g/mol. The molecule has 0 atom stereocenters. The SMILES string of the molecule is CCC(=O)C(N)(CC)CC.Cl. The highest BCUT2D eigenvalue weighted by Crippen LogP contribution is 2.13. The number of ketones is 1. The van der Waals surface area contributed by atoms with Crippen LogP contribution in [-0.2, 0) is 4.79 Å². The highest BCUT2D eigenvalue weighted by Gasteiger charge is 2.27. The third-order valence-corrected chi connectivity index (χ3v) is 2.14. The molecular weight excluding hydrogens is 162 g/mol. The van der Waals surface area contributed by atoms with Gasteiger partial charge >= 0.3 is 0 Å². The van der Waals surface area contributed by atoms with Crippen LogP contribution in [0.1, 0.15) is 40.0 Å². The summed E-state index contributed by atoms with van der Waals surface area (Å²) >= 11 is 0. The fourth-order valence-electron chi connectivity index (χ4n) is 0.996. The molecule has 11 heavy (non-hydrogen) atoms. The molecule has 0 aromatic heterocycles. The molecule has 0 saturated carbocycles. The normalized spacial score (nSPS) is 10.5. The topological polar surface area (TPSA) is 43.1 Å². The van der Waals surface area contributed by atoms with E-state index in [1.807, 2.05) is 20.8 Å². The van der Waals surface area contributed by atoms with Gasteiger partial charge in [-0.2, -0.15) is 0 Å². The number of Topliss-reactive ketones (excluding diaryl/α,β-unsaturated/α-hetero) is 1. The number of carbonyl (C=O) groups is 1. The van der Waals surface area contributed by atoms with Gasteiger partial charge in [0.05, 0.1) is 5.54 Å². The van der Waals surface area contributed by atoms with Gasteiger partial charge in [0.2, 0.25) is 0 Å². The van der Waals surface area contributed by atoms with Gasteiger partial charge in [-0.05, 0) is 12.8 Å². The standard InChI is InChI=1S/C8H17NO.ClH/c1-4-7(10)8(9,5-2)6-3;/h4-6,9H2,1-3H3;1H. The molecule has 0 fully saturated rings. The first-order valence-electron chi connectivity index (χ1n) is 3.92. The van der Waals surface area contributed by atoms with E-state index < -0.39 is 5.54 Å². The number of hydrogen-bond donors (Lipinski definition) is 1. The van der Waals surface area contributed by atoms with E-state index in [1.165, 1.54) is 0 Å². The van der Waals surface area contributed by atoms with E-state index in [2.05, 4.69) is 0 Å². The summed E-state index contributed by atoms with van der Waals surface area (Å²) in [6.07, 6.45) is 2.05. The number of halogens is 1. The van der Waals surface area contributed by atoms with Crippen molar-refractivity contribution in [3.8, 4) is 0 Å². The quantitative estimate of drug-likeness (QED) is 0.717. The minimum atomic E-state index is -0.547. The lowest BCUT2D eigenvalue weighted by Gasteiger charge is -2.23. The van der Waals surface area contributed by atoms with Crippen LogP contribution >= 0.6 is 12.4 Å². The summed E-state index contributed by atoms with van der Waals surface area (Å²) in [7, 11) is 0. The van der Waals surface area contributed by atoms with Crippen LogP contribution in [0.3, 0.4) is 0 Å². The predicted octanol–water partition coefficient (Wildman–Crippen LogP) is 1.90. The van der Waals surface area contributed by atoms with Gasteiger partial charge in [0.15, 0.2) is 5.78 Å². The Labute approximate surface area is 74.9 Å². The van der Waals surface area contributed by atoms with Crippen LogP contribution in [0, 0.1) is 0 Å². The molecule has 0 radical (unpaired) electrons. The lowest BCUT2D eigenvalue weighted by atomic mass is 9.88. The molecule has 0 unspecified atom stereocenters. The van der Waals surface area contributed by atoms with E-state index >= 15 is 0 Å². The number of nitrogens with two attached hydrogens (primary N) is 1. The Kier molecular flexibility index (Phi) is 6.82. The van der Waals surface area contributed by atoms with E-state index in [4.69, 9.17) is 5.73 Å². The highest BCUT2D eigenvalue weighted by molar-refractivity contribution is 5.87. The zero-order valence-electron chi connectivity index (χ0n) is 7.52. The van der Waals surface area contributed by atoms with Crippen molar-refractivity contribution in [2.75, 3.05) is 0 Å². The molecule has 0 bridgehead atoms. The van der Waals surface area contributed by atoms with Crippen LogP contribution in [0.15, 0.2) is 0 Å². The minimum absolute atomic E-state index is 0. The van der Waals surface area contributed by atoms with Crippen molar-refractivity contribution >= 4 is 18.2 Å². The van der Waals surface area contributed by atoms with E-state index in [0.29, 0.717) is 6.42 Å². The minimum Gasteiger partial charge on any atom is -0.319 e. The lowest BCUT2D eigenvalue weighted by Crippen LogP contribution is -2.46. The zero-order valence-corrected chi connectivity index (χ0v) is 8.33. The summed E-state index contributed by atoms with van der Waals surface area (Å²) in [6.45, 7) is 5.77. The molecule has 2 N–H and O–H groups in total. The van der Waals surface area contributed by atoms with Crippen LogP contribution in [-0.4, -0.2) is 11.3 Å². The molecule has 68 valence electrons. The lowest BCUT2D eigenvalue weighted by molar-refractivity contribution is -0.124. The van der Waals surface area contributed by atoms with Crippen molar-refractivity contribution in [2.24, 2.45) is 5.73 Å². The molecule has 0 aromatic carbocycles. The van der Waals surface area contributed by atoms with E-state index in [0.717, 1.165) is 12.8 Å². The molecule has 3 heteroatoms. The average molecular weight is 180 g/mol. The van der Waals surface area contributed by atoms with Crippen LogP contribution < -0.4 is 5.73 Å². The van der Waals surface area contributed by atoms with E-state index in [9.17, 15) is 4.79 Å². The highest BCUT2D eigenvalue weighted by atomic mass is 35.5. The Morgan fingerprint density at radius 1 is 1.27 bits per heavy atom. The first-order chi connectivity index (χ1) is 4.60. The van der Waals surface area contributed by atoms with Crippen LogP contribution in [0.25, 0.3) is 0 Å². The maximum absolute atomic E-state index is 11.2. The predicted molar refractivity (Wildman–Crippen MR) is 50.0 cm³/mol. The zero-order chi connectivity index (χ0) is 8.20. The molecule has 0 heterocycles. The van der Waals surface area contributed by atoms with Gasteiger partial charge in [-0.1, -0.05) is 20.8 Å². The molecule has 0 aliphatic rings. The molecule has 0 aliphatic carbocycles. The largest absolute Gasteiger partial charge is 0.319 e. The maximum Gasteiger partial charge on any atom is 0.152 e. The second-order valence-corrected chi connectivity index (χ2v) is 2.64. The van der Waals surface area contributed by atoms with Gasteiger partial charge in [0.1, 0.15) is 0 Å². The summed E-state index contributed by atoms with van der Waals surface area (Å²) < 4.78 is 0. The first-order valence-corrected chi connectivity index (χ1v) is 3.92. The fraction of sp³-hybridized carbons (Fsp3) is 0.875. The third-order valence-electron chi connectivity index (χ3n) is 2.14. The molecule has 0 saturated heterocycles. The summed E-state index contributed by atoms with van der Waals surface area (Å²) in [4.78, 5) is 11.2. The smallest absolute Gasteiger partial charge is 0.152 e. The van der Waals surface area contributed by atoms with Gasteiger partial charge in [0.25, 0.3) is 0 Å². The third kappa shape index (κ3) is 3.21. The van der Waals surface area contributed by atoms with Crippen molar-refractivity contribution in [3.05, 3.63) is 0 Å².